The lowest BCUT2D eigenvalue weighted by Crippen LogP contribution is -2.35. The van der Waals surface area contributed by atoms with Crippen LogP contribution in [-0.4, -0.2) is 42.5 Å². The van der Waals surface area contributed by atoms with Crippen molar-refractivity contribution in [2.24, 2.45) is 0 Å². The van der Waals surface area contributed by atoms with Gasteiger partial charge in [0, 0.05) is 18.5 Å². The first-order valence-corrected chi connectivity index (χ1v) is 7.10. The van der Waals surface area contributed by atoms with Gasteiger partial charge in [-0.3, -0.25) is 4.79 Å². The highest BCUT2D eigenvalue weighted by molar-refractivity contribution is 6.18. The van der Waals surface area contributed by atoms with Crippen LogP contribution < -0.4 is 9.47 Å². The first-order valence-electron chi connectivity index (χ1n) is 6.57. The molecule has 0 saturated heterocycles. The van der Waals surface area contributed by atoms with Crippen molar-refractivity contribution in [3.8, 4) is 11.5 Å². The summed E-state index contributed by atoms with van der Waals surface area (Å²) < 4.78 is 11.1. The maximum atomic E-state index is 12.6. The Balaban J connectivity index is 1.90. The molecule has 0 bridgehead atoms. The van der Waals surface area contributed by atoms with E-state index in [2.05, 4.69) is 0 Å². The summed E-state index contributed by atoms with van der Waals surface area (Å²) in [5, 5.41) is 0. The summed E-state index contributed by atoms with van der Waals surface area (Å²) >= 11 is 5.79. The van der Waals surface area contributed by atoms with E-state index in [9.17, 15) is 4.79 Å². The predicted molar refractivity (Wildman–Crippen MR) is 72.2 cm³/mol. The van der Waals surface area contributed by atoms with Crippen molar-refractivity contribution in [2.75, 3.05) is 25.6 Å². The second kappa shape index (κ2) is 5.29. The first kappa shape index (κ1) is 12.6. The Hall–Kier alpha value is -1.42. The maximum Gasteiger partial charge on any atom is 0.258 e. The molecule has 1 saturated carbocycles. The van der Waals surface area contributed by atoms with Crippen LogP contribution in [0.2, 0.25) is 0 Å². The lowest BCUT2D eigenvalue weighted by molar-refractivity contribution is 0.0743. The fourth-order valence-electron chi connectivity index (χ4n) is 2.32. The average molecular weight is 282 g/mol. The molecule has 1 aromatic carbocycles. The molecule has 1 heterocycles. The van der Waals surface area contributed by atoms with Crippen LogP contribution in [0.4, 0.5) is 0 Å². The second-order valence-corrected chi connectivity index (χ2v) is 5.13. The van der Waals surface area contributed by atoms with Gasteiger partial charge < -0.3 is 14.4 Å². The molecule has 2 aliphatic rings. The fraction of sp³-hybridized carbons (Fsp3) is 0.500. The van der Waals surface area contributed by atoms with Gasteiger partial charge in [0.05, 0.1) is 5.56 Å². The lowest BCUT2D eigenvalue weighted by Gasteiger charge is -2.25. The summed E-state index contributed by atoms with van der Waals surface area (Å²) in [6.07, 6.45) is 2.13. The van der Waals surface area contributed by atoms with Gasteiger partial charge >= 0.3 is 0 Å². The Labute approximate surface area is 117 Å². The summed E-state index contributed by atoms with van der Waals surface area (Å²) in [7, 11) is 0. The molecule has 0 spiro atoms. The third kappa shape index (κ3) is 2.50. The molecule has 0 radical (unpaired) electrons. The Morgan fingerprint density at radius 1 is 1.32 bits per heavy atom. The monoisotopic (exact) mass is 281 g/mol. The maximum absolute atomic E-state index is 12.6. The van der Waals surface area contributed by atoms with Gasteiger partial charge in [-0.2, -0.15) is 0 Å². The quantitative estimate of drug-likeness (QED) is 0.795. The SMILES string of the molecule is O=C(c1cccc2c1OCCO2)N(CCCl)C1CC1. The number of halogens is 1. The fourth-order valence-corrected chi connectivity index (χ4v) is 2.51. The summed E-state index contributed by atoms with van der Waals surface area (Å²) in [4.78, 5) is 14.5. The molecule has 1 fully saturated rings. The Morgan fingerprint density at radius 3 is 2.84 bits per heavy atom. The molecule has 4 nitrogen and oxygen atoms in total. The number of alkyl halides is 1. The molecule has 0 N–H and O–H groups in total. The van der Waals surface area contributed by atoms with Gasteiger partial charge in [-0.25, -0.2) is 0 Å². The Kier molecular flexibility index (Phi) is 3.51. The van der Waals surface area contributed by atoms with E-state index in [0.29, 0.717) is 48.7 Å². The number of carbonyl (C=O) groups is 1. The van der Waals surface area contributed by atoms with Gasteiger partial charge in [0.25, 0.3) is 5.91 Å². The highest BCUT2D eigenvalue weighted by atomic mass is 35.5. The molecule has 0 aromatic heterocycles. The van der Waals surface area contributed by atoms with Crippen LogP contribution in [0.3, 0.4) is 0 Å². The van der Waals surface area contributed by atoms with Gasteiger partial charge in [0.1, 0.15) is 13.2 Å². The van der Waals surface area contributed by atoms with Crippen LogP contribution in [-0.2, 0) is 0 Å². The summed E-state index contributed by atoms with van der Waals surface area (Å²) in [6, 6.07) is 5.78. The number of carbonyl (C=O) groups excluding carboxylic acids is 1. The van der Waals surface area contributed by atoms with Gasteiger partial charge in [-0.1, -0.05) is 6.07 Å². The molecule has 19 heavy (non-hydrogen) atoms. The third-order valence-electron chi connectivity index (χ3n) is 3.37. The first-order chi connectivity index (χ1) is 9.31. The Morgan fingerprint density at radius 2 is 2.11 bits per heavy atom. The number of hydrogen-bond acceptors (Lipinski definition) is 3. The van der Waals surface area contributed by atoms with Crippen molar-refractivity contribution in [3.63, 3.8) is 0 Å². The molecule has 102 valence electrons. The zero-order chi connectivity index (χ0) is 13.2. The number of hydrogen-bond donors (Lipinski definition) is 0. The molecule has 0 atom stereocenters. The van der Waals surface area contributed by atoms with Crippen molar-refractivity contribution in [1.82, 2.24) is 4.90 Å². The number of fused-ring (bicyclic) bond motifs is 1. The van der Waals surface area contributed by atoms with E-state index in [0.717, 1.165) is 12.8 Å². The minimum absolute atomic E-state index is 0.00880. The van der Waals surface area contributed by atoms with Crippen LogP contribution in [0.5, 0.6) is 11.5 Å². The topological polar surface area (TPSA) is 38.8 Å². The van der Waals surface area contributed by atoms with E-state index in [1.807, 2.05) is 17.0 Å². The largest absolute Gasteiger partial charge is 0.486 e. The van der Waals surface area contributed by atoms with Gasteiger partial charge in [0.15, 0.2) is 11.5 Å². The molecule has 1 aromatic rings. The van der Waals surface area contributed by atoms with Crippen molar-refractivity contribution in [2.45, 2.75) is 18.9 Å². The normalized spacial score (nSPS) is 17.1. The predicted octanol–water partition coefficient (Wildman–Crippen LogP) is 2.30. The van der Waals surface area contributed by atoms with Gasteiger partial charge in [-0.05, 0) is 25.0 Å². The van der Waals surface area contributed by atoms with E-state index >= 15 is 0 Å². The molecule has 1 amide bonds. The highest BCUT2D eigenvalue weighted by Gasteiger charge is 2.34. The summed E-state index contributed by atoms with van der Waals surface area (Å²) in [6.45, 7) is 1.59. The van der Waals surface area contributed by atoms with Crippen LogP contribution in [0.1, 0.15) is 23.2 Å². The van der Waals surface area contributed by atoms with Crippen LogP contribution in [0.25, 0.3) is 0 Å². The van der Waals surface area contributed by atoms with Gasteiger partial charge in [0.2, 0.25) is 0 Å². The third-order valence-corrected chi connectivity index (χ3v) is 3.54. The minimum atomic E-state index is -0.00880. The zero-order valence-electron chi connectivity index (χ0n) is 10.6. The van der Waals surface area contributed by atoms with Crippen molar-refractivity contribution in [1.29, 1.82) is 0 Å². The molecular weight excluding hydrogens is 266 g/mol. The molecule has 1 aliphatic carbocycles. The van der Waals surface area contributed by atoms with E-state index < -0.39 is 0 Å². The van der Waals surface area contributed by atoms with E-state index in [4.69, 9.17) is 21.1 Å². The van der Waals surface area contributed by atoms with E-state index in [1.165, 1.54) is 0 Å². The van der Waals surface area contributed by atoms with E-state index in [1.54, 1.807) is 6.07 Å². The smallest absolute Gasteiger partial charge is 0.258 e. The Bertz CT molecular complexity index is 488. The number of benzene rings is 1. The molecule has 0 unspecified atom stereocenters. The van der Waals surface area contributed by atoms with Crippen LogP contribution in [0, 0.1) is 0 Å². The number of nitrogens with zero attached hydrogens (tertiary/aromatic N) is 1. The molecule has 3 rings (SSSR count). The summed E-state index contributed by atoms with van der Waals surface area (Å²) in [5.41, 5.74) is 0.578. The standard InChI is InChI=1S/C14H16ClNO3/c15-6-7-16(10-4-5-10)14(17)11-2-1-3-12-13(11)19-9-8-18-12/h1-3,10H,4-9H2. The number of rotatable bonds is 4. The van der Waals surface area contributed by atoms with Crippen LogP contribution in [0.15, 0.2) is 18.2 Å². The number of amides is 1. The van der Waals surface area contributed by atoms with Crippen molar-refractivity contribution < 1.29 is 14.3 Å². The van der Waals surface area contributed by atoms with Crippen LogP contribution >= 0.6 is 11.6 Å². The van der Waals surface area contributed by atoms with E-state index in [-0.39, 0.29) is 5.91 Å². The van der Waals surface area contributed by atoms with Crippen molar-refractivity contribution >= 4 is 17.5 Å². The highest BCUT2D eigenvalue weighted by Crippen LogP contribution is 2.36. The summed E-state index contributed by atoms with van der Waals surface area (Å²) in [5.74, 6) is 1.66. The number of para-hydroxylation sites is 1. The molecule has 5 heteroatoms. The minimum Gasteiger partial charge on any atom is -0.486 e. The lowest BCUT2D eigenvalue weighted by atomic mass is 10.1. The van der Waals surface area contributed by atoms with Crippen molar-refractivity contribution in [3.05, 3.63) is 23.8 Å². The molecular formula is C14H16ClNO3. The van der Waals surface area contributed by atoms with Gasteiger partial charge in [-0.15, -0.1) is 11.6 Å². The number of ether oxygens (including phenoxy) is 2. The average Bonchev–Trinajstić information content (AvgIpc) is 3.28. The zero-order valence-corrected chi connectivity index (χ0v) is 11.4. The molecule has 1 aliphatic heterocycles. The second-order valence-electron chi connectivity index (χ2n) is 4.75.